The summed E-state index contributed by atoms with van der Waals surface area (Å²) < 4.78 is 7.22. The second-order valence-electron chi connectivity index (χ2n) is 7.04. The molecule has 0 aliphatic heterocycles. The van der Waals surface area contributed by atoms with E-state index in [-0.39, 0.29) is 5.91 Å². The van der Waals surface area contributed by atoms with Gasteiger partial charge in [0.15, 0.2) is 0 Å². The van der Waals surface area contributed by atoms with Crippen molar-refractivity contribution in [1.29, 1.82) is 0 Å². The van der Waals surface area contributed by atoms with Crippen LogP contribution in [-0.2, 0) is 0 Å². The Morgan fingerprint density at radius 2 is 1.79 bits per heavy atom. The highest BCUT2D eigenvalue weighted by Gasteiger charge is 2.10. The van der Waals surface area contributed by atoms with Crippen LogP contribution in [0.4, 0.5) is 0 Å². The standard InChI is InChI=1S/C23H29N3O2/c1-3-4-5-6-7-8-15-24-23(27)18-9-14-22-21(16-18)25-17-26(22)19-10-12-20(28-2)13-11-19/h9-14,16-17H,3-8,15H2,1-2H3,(H,24,27). The molecule has 0 fully saturated rings. The number of benzene rings is 2. The van der Waals surface area contributed by atoms with Gasteiger partial charge in [0.2, 0.25) is 0 Å². The molecule has 0 bridgehead atoms. The number of hydrogen-bond acceptors (Lipinski definition) is 3. The molecule has 1 amide bonds. The molecule has 0 atom stereocenters. The molecule has 0 saturated carbocycles. The fourth-order valence-corrected chi connectivity index (χ4v) is 3.31. The van der Waals surface area contributed by atoms with Crippen molar-refractivity contribution in [3.05, 3.63) is 54.4 Å². The summed E-state index contributed by atoms with van der Waals surface area (Å²) in [5.74, 6) is 0.784. The van der Waals surface area contributed by atoms with E-state index < -0.39 is 0 Å². The summed E-state index contributed by atoms with van der Waals surface area (Å²) in [6, 6.07) is 13.5. The average molecular weight is 380 g/mol. The predicted octanol–water partition coefficient (Wildman–Crippen LogP) is 5.12. The third-order valence-corrected chi connectivity index (χ3v) is 4.98. The third-order valence-electron chi connectivity index (χ3n) is 4.98. The summed E-state index contributed by atoms with van der Waals surface area (Å²) in [7, 11) is 1.65. The molecule has 3 aromatic rings. The lowest BCUT2D eigenvalue weighted by Gasteiger charge is -2.07. The Morgan fingerprint density at radius 3 is 2.54 bits per heavy atom. The Morgan fingerprint density at radius 1 is 1.04 bits per heavy atom. The number of aromatic nitrogens is 2. The topological polar surface area (TPSA) is 56.2 Å². The van der Waals surface area contributed by atoms with Gasteiger partial charge in [-0.15, -0.1) is 0 Å². The smallest absolute Gasteiger partial charge is 0.251 e. The quantitative estimate of drug-likeness (QED) is 0.497. The van der Waals surface area contributed by atoms with Gasteiger partial charge in [0.1, 0.15) is 12.1 Å². The Hall–Kier alpha value is -2.82. The molecule has 3 rings (SSSR count). The number of methoxy groups -OCH3 is 1. The first kappa shape index (κ1) is 19.9. The van der Waals surface area contributed by atoms with Gasteiger partial charge in [-0.25, -0.2) is 4.98 Å². The molecule has 0 saturated heterocycles. The minimum absolute atomic E-state index is 0.0329. The van der Waals surface area contributed by atoms with E-state index in [4.69, 9.17) is 4.74 Å². The second-order valence-corrected chi connectivity index (χ2v) is 7.04. The number of imidazole rings is 1. The van der Waals surface area contributed by atoms with Gasteiger partial charge in [0.25, 0.3) is 5.91 Å². The van der Waals surface area contributed by atoms with Crippen LogP contribution in [0.15, 0.2) is 48.8 Å². The zero-order chi connectivity index (χ0) is 19.8. The first-order valence-corrected chi connectivity index (χ1v) is 10.1. The predicted molar refractivity (Wildman–Crippen MR) is 113 cm³/mol. The lowest BCUT2D eigenvalue weighted by Crippen LogP contribution is -2.24. The SMILES string of the molecule is CCCCCCCCNC(=O)c1ccc2c(c1)ncn2-c1ccc(OC)cc1. The van der Waals surface area contributed by atoms with Gasteiger partial charge in [0.05, 0.1) is 18.1 Å². The van der Waals surface area contributed by atoms with Crippen LogP contribution in [0.3, 0.4) is 0 Å². The number of hydrogen-bond donors (Lipinski definition) is 1. The monoisotopic (exact) mass is 379 g/mol. The molecular formula is C23H29N3O2. The number of fused-ring (bicyclic) bond motifs is 1. The fourth-order valence-electron chi connectivity index (χ4n) is 3.31. The molecule has 1 heterocycles. The van der Waals surface area contributed by atoms with E-state index in [9.17, 15) is 4.79 Å². The first-order valence-electron chi connectivity index (χ1n) is 10.1. The maximum Gasteiger partial charge on any atom is 0.251 e. The van der Waals surface area contributed by atoms with Crippen LogP contribution < -0.4 is 10.1 Å². The summed E-state index contributed by atoms with van der Waals surface area (Å²) in [6.45, 7) is 2.94. The van der Waals surface area contributed by atoms with E-state index in [0.717, 1.165) is 35.4 Å². The number of rotatable bonds is 10. The number of nitrogens with zero attached hydrogens (tertiary/aromatic N) is 2. The minimum Gasteiger partial charge on any atom is -0.497 e. The molecule has 0 spiro atoms. The van der Waals surface area contributed by atoms with Crippen molar-refractivity contribution in [2.75, 3.05) is 13.7 Å². The Bertz CT molecular complexity index is 900. The highest BCUT2D eigenvalue weighted by Crippen LogP contribution is 2.21. The van der Waals surface area contributed by atoms with Gasteiger partial charge in [-0.1, -0.05) is 39.0 Å². The van der Waals surface area contributed by atoms with E-state index in [1.165, 1.54) is 32.1 Å². The van der Waals surface area contributed by atoms with Crippen molar-refractivity contribution < 1.29 is 9.53 Å². The van der Waals surface area contributed by atoms with Crippen LogP contribution in [0.25, 0.3) is 16.7 Å². The number of carbonyl (C=O) groups is 1. The highest BCUT2D eigenvalue weighted by atomic mass is 16.5. The highest BCUT2D eigenvalue weighted by molar-refractivity contribution is 5.97. The maximum absolute atomic E-state index is 12.4. The summed E-state index contributed by atoms with van der Waals surface area (Å²) in [6.07, 6.45) is 9.08. The van der Waals surface area contributed by atoms with Crippen LogP contribution in [0.2, 0.25) is 0 Å². The van der Waals surface area contributed by atoms with Crippen LogP contribution in [-0.4, -0.2) is 29.1 Å². The minimum atomic E-state index is -0.0329. The van der Waals surface area contributed by atoms with Gasteiger partial charge in [-0.2, -0.15) is 0 Å². The van der Waals surface area contributed by atoms with E-state index in [2.05, 4.69) is 17.2 Å². The molecule has 2 aromatic carbocycles. The van der Waals surface area contributed by atoms with E-state index in [1.54, 1.807) is 13.4 Å². The van der Waals surface area contributed by atoms with Gasteiger partial charge in [-0.05, 0) is 48.9 Å². The van der Waals surface area contributed by atoms with Crippen molar-refractivity contribution in [2.24, 2.45) is 0 Å². The van der Waals surface area contributed by atoms with Crippen LogP contribution >= 0.6 is 0 Å². The second kappa shape index (κ2) is 9.93. The van der Waals surface area contributed by atoms with Gasteiger partial charge >= 0.3 is 0 Å². The zero-order valence-electron chi connectivity index (χ0n) is 16.8. The van der Waals surface area contributed by atoms with Crippen molar-refractivity contribution in [3.8, 4) is 11.4 Å². The Kier molecular flexibility index (Phi) is 7.06. The maximum atomic E-state index is 12.4. The van der Waals surface area contributed by atoms with E-state index in [1.807, 2.05) is 47.0 Å². The van der Waals surface area contributed by atoms with Crippen molar-refractivity contribution in [3.63, 3.8) is 0 Å². The third kappa shape index (κ3) is 4.91. The number of nitrogens with one attached hydrogen (secondary N) is 1. The molecule has 0 aliphatic carbocycles. The van der Waals surface area contributed by atoms with Crippen LogP contribution in [0.1, 0.15) is 55.8 Å². The lowest BCUT2D eigenvalue weighted by atomic mass is 10.1. The van der Waals surface area contributed by atoms with E-state index in [0.29, 0.717) is 5.56 Å². The molecule has 0 aliphatic rings. The van der Waals surface area contributed by atoms with E-state index >= 15 is 0 Å². The lowest BCUT2D eigenvalue weighted by molar-refractivity contribution is 0.0953. The molecule has 0 radical (unpaired) electrons. The van der Waals surface area contributed by atoms with Crippen molar-refractivity contribution in [2.45, 2.75) is 45.4 Å². The molecule has 148 valence electrons. The van der Waals surface area contributed by atoms with Gasteiger partial charge in [-0.3, -0.25) is 9.36 Å². The molecular weight excluding hydrogens is 350 g/mol. The average Bonchev–Trinajstić information content (AvgIpc) is 3.16. The van der Waals surface area contributed by atoms with Gasteiger partial charge in [0, 0.05) is 17.8 Å². The molecule has 1 N–H and O–H groups in total. The summed E-state index contributed by atoms with van der Waals surface area (Å²) >= 11 is 0. The molecule has 5 heteroatoms. The molecule has 5 nitrogen and oxygen atoms in total. The number of amides is 1. The number of carbonyl (C=O) groups excluding carboxylic acids is 1. The normalized spacial score (nSPS) is 10.9. The van der Waals surface area contributed by atoms with Crippen LogP contribution in [0, 0.1) is 0 Å². The summed E-state index contributed by atoms with van der Waals surface area (Å²) in [5, 5.41) is 3.02. The molecule has 28 heavy (non-hydrogen) atoms. The Balaban J connectivity index is 1.60. The number of unbranched alkanes of at least 4 members (excludes halogenated alkanes) is 5. The number of ether oxygens (including phenoxy) is 1. The first-order chi connectivity index (χ1) is 13.7. The summed E-state index contributed by atoms with van der Waals surface area (Å²) in [4.78, 5) is 16.9. The summed E-state index contributed by atoms with van der Waals surface area (Å²) in [5.41, 5.74) is 3.43. The van der Waals surface area contributed by atoms with Crippen LogP contribution in [0.5, 0.6) is 5.75 Å². The fraction of sp³-hybridized carbons (Fsp3) is 0.391. The van der Waals surface area contributed by atoms with Crippen molar-refractivity contribution in [1.82, 2.24) is 14.9 Å². The molecule has 0 unspecified atom stereocenters. The van der Waals surface area contributed by atoms with Crippen molar-refractivity contribution >= 4 is 16.9 Å². The zero-order valence-corrected chi connectivity index (χ0v) is 16.8. The van der Waals surface area contributed by atoms with Gasteiger partial charge < -0.3 is 10.1 Å². The largest absolute Gasteiger partial charge is 0.497 e. The Labute approximate surface area is 166 Å². The molecule has 1 aromatic heterocycles.